The van der Waals surface area contributed by atoms with E-state index < -0.39 is 17.6 Å². The standard InChI is InChI=1S/C19H11ClF3N5O2/c20-18-26-25-15-6-7-16(27-28(15)18)30-14-9-12(19(21,22)23)4-5-13(14)10-2-1-3-11(8-10)17(24)29/h1-9H,(H2,24,29). The third-order valence-electron chi connectivity index (χ3n) is 4.18. The molecule has 0 atom stereocenters. The average Bonchev–Trinajstić information content (AvgIpc) is 3.08. The van der Waals surface area contributed by atoms with Crippen molar-refractivity contribution in [3.8, 4) is 22.8 Å². The number of nitrogens with zero attached hydrogens (tertiary/aromatic N) is 4. The summed E-state index contributed by atoms with van der Waals surface area (Å²) < 4.78 is 46.6. The predicted molar refractivity (Wildman–Crippen MR) is 101 cm³/mol. The highest BCUT2D eigenvalue weighted by atomic mass is 35.5. The number of rotatable bonds is 4. The Morgan fingerprint density at radius 3 is 2.60 bits per heavy atom. The van der Waals surface area contributed by atoms with Crippen LogP contribution in [-0.4, -0.2) is 25.7 Å². The van der Waals surface area contributed by atoms with Gasteiger partial charge in [-0.25, -0.2) is 0 Å². The lowest BCUT2D eigenvalue weighted by Crippen LogP contribution is -2.10. The number of carbonyl (C=O) groups excluding carboxylic acids is 1. The van der Waals surface area contributed by atoms with Crippen LogP contribution in [-0.2, 0) is 6.18 Å². The first-order chi connectivity index (χ1) is 14.2. The van der Waals surface area contributed by atoms with E-state index in [1.54, 1.807) is 12.1 Å². The summed E-state index contributed by atoms with van der Waals surface area (Å²) in [6, 6.07) is 12.1. The fraction of sp³-hybridized carbons (Fsp3) is 0.0526. The van der Waals surface area contributed by atoms with Crippen LogP contribution in [0.1, 0.15) is 15.9 Å². The molecule has 7 nitrogen and oxygen atoms in total. The van der Waals surface area contributed by atoms with E-state index in [0.717, 1.165) is 12.1 Å². The molecule has 2 N–H and O–H groups in total. The van der Waals surface area contributed by atoms with Gasteiger partial charge in [0.05, 0.1) is 5.56 Å². The fourth-order valence-electron chi connectivity index (χ4n) is 2.77. The molecule has 4 rings (SSSR count). The molecular formula is C19H11ClF3N5O2. The van der Waals surface area contributed by atoms with Crippen LogP contribution in [0.2, 0.25) is 5.28 Å². The number of benzene rings is 2. The highest BCUT2D eigenvalue weighted by Gasteiger charge is 2.31. The van der Waals surface area contributed by atoms with Gasteiger partial charge in [0.2, 0.25) is 17.1 Å². The van der Waals surface area contributed by atoms with Gasteiger partial charge in [-0.05, 0) is 47.5 Å². The van der Waals surface area contributed by atoms with Crippen molar-refractivity contribution in [1.82, 2.24) is 19.8 Å². The number of fused-ring (bicyclic) bond motifs is 1. The van der Waals surface area contributed by atoms with Crippen LogP contribution in [0.25, 0.3) is 16.8 Å². The van der Waals surface area contributed by atoms with Crippen molar-refractivity contribution in [1.29, 1.82) is 0 Å². The zero-order chi connectivity index (χ0) is 21.5. The predicted octanol–water partition coefficient (Wildman–Crippen LogP) is 4.35. The van der Waals surface area contributed by atoms with Crippen LogP contribution in [0.5, 0.6) is 11.6 Å². The SMILES string of the molecule is NC(=O)c1cccc(-c2ccc(C(F)(F)F)cc2Oc2ccc3nnc(Cl)n3n2)c1. The largest absolute Gasteiger partial charge is 0.437 e. The van der Waals surface area contributed by atoms with Gasteiger partial charge in [0.25, 0.3) is 0 Å². The van der Waals surface area contributed by atoms with Crippen LogP contribution in [0.4, 0.5) is 13.2 Å². The van der Waals surface area contributed by atoms with Gasteiger partial charge in [0.1, 0.15) is 5.75 Å². The first-order valence-electron chi connectivity index (χ1n) is 8.40. The normalized spacial score (nSPS) is 11.6. The second-order valence-electron chi connectivity index (χ2n) is 6.17. The van der Waals surface area contributed by atoms with Crippen molar-refractivity contribution in [3.63, 3.8) is 0 Å². The quantitative estimate of drug-likeness (QED) is 0.516. The molecule has 2 aromatic heterocycles. The average molecular weight is 434 g/mol. The molecule has 1 amide bonds. The highest BCUT2D eigenvalue weighted by molar-refractivity contribution is 6.28. The zero-order valence-electron chi connectivity index (χ0n) is 14.9. The number of nitrogens with two attached hydrogens (primary N) is 1. The molecule has 4 aromatic rings. The minimum atomic E-state index is -4.58. The Balaban J connectivity index is 1.83. The van der Waals surface area contributed by atoms with Crippen molar-refractivity contribution >= 4 is 23.2 Å². The fourth-order valence-corrected chi connectivity index (χ4v) is 2.94. The lowest BCUT2D eigenvalue weighted by atomic mass is 10.00. The molecule has 2 aromatic carbocycles. The molecule has 11 heteroatoms. The first-order valence-corrected chi connectivity index (χ1v) is 8.77. The first kappa shape index (κ1) is 19.6. The number of alkyl halides is 3. The number of aromatic nitrogens is 4. The molecule has 0 saturated carbocycles. The summed E-state index contributed by atoms with van der Waals surface area (Å²) in [4.78, 5) is 11.5. The highest BCUT2D eigenvalue weighted by Crippen LogP contribution is 2.39. The molecule has 0 fully saturated rings. The van der Waals surface area contributed by atoms with Gasteiger partial charge in [-0.15, -0.1) is 15.3 Å². The maximum absolute atomic E-state index is 13.3. The van der Waals surface area contributed by atoms with Gasteiger partial charge in [0, 0.05) is 17.2 Å². The summed E-state index contributed by atoms with van der Waals surface area (Å²) in [5.74, 6) is -0.820. The van der Waals surface area contributed by atoms with E-state index in [2.05, 4.69) is 15.3 Å². The maximum atomic E-state index is 13.3. The Labute approximate surface area is 171 Å². The molecule has 0 bridgehead atoms. The topological polar surface area (TPSA) is 95.4 Å². The number of carbonyl (C=O) groups is 1. The second-order valence-corrected chi connectivity index (χ2v) is 6.50. The molecule has 0 unspecified atom stereocenters. The van der Waals surface area contributed by atoms with E-state index in [0.29, 0.717) is 16.8 Å². The minimum absolute atomic E-state index is 0.0316. The van der Waals surface area contributed by atoms with Gasteiger partial charge in [0.15, 0.2) is 5.65 Å². The Hall–Kier alpha value is -3.66. The number of halogens is 4. The van der Waals surface area contributed by atoms with Gasteiger partial charge >= 0.3 is 6.18 Å². The third-order valence-corrected chi connectivity index (χ3v) is 4.42. The number of hydrogen-bond acceptors (Lipinski definition) is 5. The van der Waals surface area contributed by atoms with E-state index in [1.165, 1.54) is 34.8 Å². The Morgan fingerprint density at radius 2 is 1.87 bits per heavy atom. The molecule has 0 aliphatic heterocycles. The number of primary amides is 1. The van der Waals surface area contributed by atoms with Crippen molar-refractivity contribution in [2.75, 3.05) is 0 Å². The zero-order valence-corrected chi connectivity index (χ0v) is 15.6. The summed E-state index contributed by atoms with van der Waals surface area (Å²) in [5.41, 5.74) is 5.69. The van der Waals surface area contributed by atoms with Crippen LogP contribution in [0, 0.1) is 0 Å². The smallest absolute Gasteiger partial charge is 0.416 e. The minimum Gasteiger partial charge on any atom is -0.437 e. The molecule has 30 heavy (non-hydrogen) atoms. The van der Waals surface area contributed by atoms with Crippen LogP contribution >= 0.6 is 11.6 Å². The molecule has 2 heterocycles. The summed E-state index contributed by atoms with van der Waals surface area (Å²) in [6.45, 7) is 0. The lowest BCUT2D eigenvalue weighted by Gasteiger charge is -2.14. The monoisotopic (exact) mass is 433 g/mol. The maximum Gasteiger partial charge on any atom is 0.416 e. The Kier molecular flexibility index (Phi) is 4.78. The van der Waals surface area contributed by atoms with Crippen LogP contribution < -0.4 is 10.5 Å². The number of ether oxygens (including phenoxy) is 1. The van der Waals surface area contributed by atoms with Gasteiger partial charge < -0.3 is 10.5 Å². The van der Waals surface area contributed by atoms with Crippen LogP contribution in [0.15, 0.2) is 54.6 Å². The summed E-state index contributed by atoms with van der Waals surface area (Å²) in [7, 11) is 0. The van der Waals surface area contributed by atoms with E-state index in [4.69, 9.17) is 22.1 Å². The second kappa shape index (κ2) is 7.30. The van der Waals surface area contributed by atoms with Crippen molar-refractivity contribution < 1.29 is 22.7 Å². The molecule has 0 radical (unpaired) electrons. The van der Waals surface area contributed by atoms with Gasteiger partial charge in [-0.1, -0.05) is 18.2 Å². The molecular weight excluding hydrogens is 423 g/mol. The van der Waals surface area contributed by atoms with Crippen molar-refractivity contribution in [3.05, 3.63) is 71.0 Å². The molecule has 0 saturated heterocycles. The van der Waals surface area contributed by atoms with E-state index >= 15 is 0 Å². The van der Waals surface area contributed by atoms with E-state index in [-0.39, 0.29) is 22.5 Å². The van der Waals surface area contributed by atoms with Gasteiger partial charge in [-0.2, -0.15) is 17.7 Å². The van der Waals surface area contributed by atoms with Crippen LogP contribution in [0.3, 0.4) is 0 Å². The van der Waals surface area contributed by atoms with Crippen molar-refractivity contribution in [2.24, 2.45) is 5.73 Å². The van der Waals surface area contributed by atoms with E-state index in [1.807, 2.05) is 0 Å². The van der Waals surface area contributed by atoms with Crippen molar-refractivity contribution in [2.45, 2.75) is 6.18 Å². The summed E-state index contributed by atoms with van der Waals surface area (Å²) >= 11 is 5.89. The molecule has 0 aliphatic rings. The Morgan fingerprint density at radius 1 is 1.07 bits per heavy atom. The summed E-state index contributed by atoms with van der Waals surface area (Å²) in [5, 5.41) is 11.5. The molecule has 0 spiro atoms. The lowest BCUT2D eigenvalue weighted by molar-refractivity contribution is -0.137. The molecule has 152 valence electrons. The van der Waals surface area contributed by atoms with Gasteiger partial charge in [-0.3, -0.25) is 4.79 Å². The number of hydrogen-bond donors (Lipinski definition) is 1. The number of amides is 1. The van der Waals surface area contributed by atoms with E-state index in [9.17, 15) is 18.0 Å². The third kappa shape index (κ3) is 3.77. The summed E-state index contributed by atoms with van der Waals surface area (Å²) in [6.07, 6.45) is -4.58. The molecule has 0 aliphatic carbocycles. The Bertz CT molecular complexity index is 1270.